The van der Waals surface area contributed by atoms with Crippen molar-refractivity contribution in [2.24, 2.45) is 0 Å². The van der Waals surface area contributed by atoms with Gasteiger partial charge in [-0.2, -0.15) is 0 Å². The summed E-state index contributed by atoms with van der Waals surface area (Å²) in [5.74, 6) is -0.413. The number of amides is 1. The second kappa shape index (κ2) is 9.02. The lowest BCUT2D eigenvalue weighted by Crippen LogP contribution is -2.36. The minimum Gasteiger partial charge on any atom is -0.345 e. The molecule has 1 unspecified atom stereocenters. The number of nitrogens with one attached hydrogen (secondary N) is 2. The molecule has 1 atom stereocenters. The minimum atomic E-state index is -0.413. The van der Waals surface area contributed by atoms with Crippen LogP contribution < -0.4 is 16.4 Å². The molecule has 2 N–H and O–H groups in total. The molecule has 3 aromatic heterocycles. The van der Waals surface area contributed by atoms with E-state index in [0.717, 1.165) is 16.7 Å². The first-order valence-electron chi connectivity index (χ1n) is 11.4. The van der Waals surface area contributed by atoms with Crippen molar-refractivity contribution in [3.8, 4) is 0 Å². The first kappa shape index (κ1) is 22.3. The largest absolute Gasteiger partial charge is 0.345 e. The number of rotatable bonds is 5. The van der Waals surface area contributed by atoms with Crippen LogP contribution in [0.5, 0.6) is 0 Å². The van der Waals surface area contributed by atoms with Crippen LogP contribution in [-0.4, -0.2) is 19.9 Å². The number of hydrogen-bond donors (Lipinski definition) is 2. The van der Waals surface area contributed by atoms with Crippen LogP contribution >= 0.6 is 0 Å². The second-order valence-electron chi connectivity index (χ2n) is 8.67. The van der Waals surface area contributed by atoms with E-state index in [-0.39, 0.29) is 28.0 Å². The molecule has 174 valence electrons. The number of pyridine rings is 2. The zero-order valence-electron chi connectivity index (χ0n) is 19.5. The van der Waals surface area contributed by atoms with E-state index in [0.29, 0.717) is 17.8 Å². The molecule has 3 heterocycles. The monoisotopic (exact) mass is 463 g/mol. The van der Waals surface area contributed by atoms with Crippen LogP contribution in [-0.2, 0) is 6.54 Å². The molecule has 0 saturated heterocycles. The van der Waals surface area contributed by atoms with Gasteiger partial charge in [-0.15, -0.1) is 0 Å². The van der Waals surface area contributed by atoms with Crippen molar-refractivity contribution in [2.75, 3.05) is 0 Å². The van der Waals surface area contributed by atoms with Crippen LogP contribution in [0.15, 0.2) is 89.9 Å². The molecular formula is C28H25N5O2. The lowest BCUT2D eigenvalue weighted by atomic mass is 10.1. The number of fused-ring (bicyclic) bond motifs is 2. The van der Waals surface area contributed by atoms with E-state index in [1.165, 1.54) is 10.5 Å². The van der Waals surface area contributed by atoms with Gasteiger partial charge in [0.15, 0.2) is 0 Å². The zero-order chi connectivity index (χ0) is 24.5. The number of carbonyl (C=O) groups excluding carboxylic acids is 1. The Morgan fingerprint density at radius 3 is 2.49 bits per heavy atom. The average molecular weight is 464 g/mol. The predicted molar refractivity (Wildman–Crippen MR) is 135 cm³/mol. The first-order valence-corrected chi connectivity index (χ1v) is 11.4. The highest BCUT2D eigenvalue weighted by Crippen LogP contribution is 2.15. The van der Waals surface area contributed by atoms with Crippen molar-refractivity contribution < 1.29 is 4.79 Å². The second-order valence-corrected chi connectivity index (χ2v) is 8.67. The van der Waals surface area contributed by atoms with Crippen molar-refractivity contribution in [1.82, 2.24) is 19.3 Å². The lowest BCUT2D eigenvalue weighted by molar-refractivity contribution is 0.0937. The summed E-state index contributed by atoms with van der Waals surface area (Å²) in [7, 11) is 0. The van der Waals surface area contributed by atoms with Gasteiger partial charge in [-0.05, 0) is 43.2 Å². The molecule has 7 nitrogen and oxygen atoms in total. The Kier molecular flexibility index (Phi) is 5.74. The predicted octanol–water partition coefficient (Wildman–Crippen LogP) is 3.98. The minimum absolute atomic E-state index is 0.00279. The quantitative estimate of drug-likeness (QED) is 0.386. The van der Waals surface area contributed by atoms with Gasteiger partial charge in [-0.25, -0.2) is 4.98 Å². The molecule has 0 fully saturated rings. The number of nitrogens with zero attached hydrogens (tertiary/aromatic N) is 3. The van der Waals surface area contributed by atoms with Crippen molar-refractivity contribution in [2.45, 2.75) is 26.4 Å². The maximum atomic E-state index is 13.4. The maximum absolute atomic E-state index is 13.4. The Labute approximate surface area is 201 Å². The molecular weight excluding hydrogens is 438 g/mol. The van der Waals surface area contributed by atoms with E-state index < -0.39 is 5.91 Å². The molecule has 0 aliphatic carbocycles. The van der Waals surface area contributed by atoms with Crippen LogP contribution in [0.4, 0.5) is 0 Å². The molecule has 5 rings (SSSR count). The van der Waals surface area contributed by atoms with Gasteiger partial charge in [0.1, 0.15) is 16.8 Å². The molecule has 5 aromatic rings. The summed E-state index contributed by atoms with van der Waals surface area (Å²) in [4.78, 5) is 31.4. The Morgan fingerprint density at radius 1 is 1.03 bits per heavy atom. The molecule has 1 amide bonds. The van der Waals surface area contributed by atoms with Gasteiger partial charge in [0.25, 0.3) is 11.5 Å². The van der Waals surface area contributed by atoms with Crippen LogP contribution in [0, 0.1) is 12.3 Å². The summed E-state index contributed by atoms with van der Waals surface area (Å²) in [6.45, 7) is 4.21. The molecule has 0 aliphatic rings. The van der Waals surface area contributed by atoms with Crippen LogP contribution in [0.1, 0.15) is 40.0 Å². The topological polar surface area (TPSA) is 92.2 Å². The normalized spacial score (nSPS) is 12.1. The number of carbonyl (C=O) groups is 1. The van der Waals surface area contributed by atoms with E-state index in [9.17, 15) is 9.59 Å². The molecule has 2 aromatic carbocycles. The Balaban J connectivity index is 1.68. The summed E-state index contributed by atoms with van der Waals surface area (Å²) in [6, 6.07) is 24.1. The molecule has 35 heavy (non-hydrogen) atoms. The number of aromatic nitrogens is 3. The van der Waals surface area contributed by atoms with E-state index in [1.807, 2.05) is 74.5 Å². The van der Waals surface area contributed by atoms with E-state index in [4.69, 9.17) is 10.4 Å². The number of benzene rings is 2. The Hall–Kier alpha value is -4.52. The van der Waals surface area contributed by atoms with Crippen molar-refractivity contribution in [3.05, 3.63) is 123 Å². The lowest BCUT2D eigenvalue weighted by Gasteiger charge is -2.17. The summed E-state index contributed by atoms with van der Waals surface area (Å²) in [5, 5.41) is 12.2. The van der Waals surface area contributed by atoms with E-state index >= 15 is 0 Å². The zero-order valence-corrected chi connectivity index (χ0v) is 19.5. The third kappa shape index (κ3) is 4.24. The average Bonchev–Trinajstić information content (AvgIpc) is 2.87. The van der Waals surface area contributed by atoms with Gasteiger partial charge < -0.3 is 9.88 Å². The highest BCUT2D eigenvalue weighted by atomic mass is 16.2. The fraction of sp³-hybridized carbons (Fsp3) is 0.143. The third-order valence-electron chi connectivity index (χ3n) is 6.17. The highest BCUT2D eigenvalue weighted by Gasteiger charge is 2.19. The molecule has 0 radical (unpaired) electrons. The standard InChI is InChI=1S/C28H25N5O2/c1-18-11-13-20(14-12-18)17-33-25(29)22(27(34)30-19(2)21-8-4-3-5-9-21)16-23-26(33)31-24-10-6-7-15-32(24)28(23)35/h3-16,19,29H,17H2,1-2H3,(H,30,34). The van der Waals surface area contributed by atoms with E-state index in [1.54, 1.807) is 22.9 Å². The summed E-state index contributed by atoms with van der Waals surface area (Å²) in [5.41, 5.74) is 3.73. The molecule has 0 bridgehead atoms. The van der Waals surface area contributed by atoms with Crippen molar-refractivity contribution in [3.63, 3.8) is 0 Å². The van der Waals surface area contributed by atoms with Gasteiger partial charge in [0.05, 0.1) is 23.5 Å². The maximum Gasteiger partial charge on any atom is 0.267 e. The fourth-order valence-corrected chi connectivity index (χ4v) is 4.19. The fourth-order valence-electron chi connectivity index (χ4n) is 4.19. The van der Waals surface area contributed by atoms with Gasteiger partial charge in [-0.1, -0.05) is 66.2 Å². The van der Waals surface area contributed by atoms with Crippen LogP contribution in [0.2, 0.25) is 0 Å². The molecule has 7 heteroatoms. The van der Waals surface area contributed by atoms with Crippen molar-refractivity contribution >= 4 is 22.6 Å². The van der Waals surface area contributed by atoms with Gasteiger partial charge in [0, 0.05) is 6.20 Å². The molecule has 0 spiro atoms. The SMILES string of the molecule is Cc1ccc(Cn2c(=N)c(C(=O)NC(C)c3ccccc3)cc3c(=O)n4ccccc4nc32)cc1. The van der Waals surface area contributed by atoms with E-state index in [2.05, 4.69) is 5.32 Å². The number of hydrogen-bond acceptors (Lipinski definition) is 4. The first-order chi connectivity index (χ1) is 16.9. The summed E-state index contributed by atoms with van der Waals surface area (Å²) < 4.78 is 3.09. The number of aryl methyl sites for hydroxylation is 1. The smallest absolute Gasteiger partial charge is 0.267 e. The summed E-state index contributed by atoms with van der Waals surface area (Å²) in [6.07, 6.45) is 1.65. The van der Waals surface area contributed by atoms with Gasteiger partial charge in [0.2, 0.25) is 0 Å². The Morgan fingerprint density at radius 2 is 1.74 bits per heavy atom. The molecule has 0 saturated carbocycles. The Bertz CT molecular complexity index is 1670. The van der Waals surface area contributed by atoms with Gasteiger partial charge >= 0.3 is 0 Å². The van der Waals surface area contributed by atoms with Crippen LogP contribution in [0.3, 0.4) is 0 Å². The van der Waals surface area contributed by atoms with Crippen molar-refractivity contribution in [1.29, 1.82) is 5.41 Å². The highest BCUT2D eigenvalue weighted by molar-refractivity contribution is 5.97. The van der Waals surface area contributed by atoms with Crippen LogP contribution in [0.25, 0.3) is 16.7 Å². The third-order valence-corrected chi connectivity index (χ3v) is 6.17. The molecule has 0 aliphatic heterocycles. The van der Waals surface area contributed by atoms with Gasteiger partial charge in [-0.3, -0.25) is 19.4 Å². The summed E-state index contributed by atoms with van der Waals surface area (Å²) >= 11 is 0.